The third-order valence-electron chi connectivity index (χ3n) is 3.47. The average Bonchev–Trinajstić information content (AvgIpc) is 3.01. The number of rotatable bonds is 5. The van der Waals surface area contributed by atoms with Gasteiger partial charge in [0.25, 0.3) is 5.91 Å². The normalized spacial score (nSPS) is 11.1. The van der Waals surface area contributed by atoms with E-state index in [1.807, 2.05) is 36.2 Å². The van der Waals surface area contributed by atoms with Crippen molar-refractivity contribution in [2.75, 3.05) is 0 Å². The number of hydrogen-bond donors (Lipinski definition) is 1. The van der Waals surface area contributed by atoms with Crippen molar-refractivity contribution in [1.82, 2.24) is 14.9 Å². The second-order valence-electron chi connectivity index (χ2n) is 4.96. The fourth-order valence-electron chi connectivity index (χ4n) is 2.18. The van der Waals surface area contributed by atoms with Crippen molar-refractivity contribution in [2.45, 2.75) is 39.7 Å². The number of nitrogens with zero attached hydrogens (tertiary/aromatic N) is 2. The zero-order chi connectivity index (χ0) is 14.7. The highest BCUT2D eigenvalue weighted by molar-refractivity contribution is 7.09. The van der Waals surface area contributed by atoms with Gasteiger partial charge in [-0.15, -0.1) is 11.3 Å². The van der Waals surface area contributed by atoms with Gasteiger partial charge in [-0.3, -0.25) is 4.79 Å². The van der Waals surface area contributed by atoms with Gasteiger partial charge in [0.15, 0.2) is 0 Å². The first-order chi connectivity index (χ1) is 9.55. The maximum Gasteiger partial charge on any atom is 0.268 e. The number of thiazole rings is 1. The number of carbonyl (C=O) groups excluding carboxylic acids is 1. The molecule has 0 saturated carbocycles. The number of amides is 1. The first-order valence-corrected chi connectivity index (χ1v) is 7.82. The molecule has 2 rings (SSSR count). The predicted octanol–water partition coefficient (Wildman–Crippen LogP) is 3.38. The van der Waals surface area contributed by atoms with E-state index in [0.29, 0.717) is 5.69 Å². The molecule has 0 aromatic carbocycles. The molecule has 20 heavy (non-hydrogen) atoms. The third-order valence-corrected chi connectivity index (χ3v) is 4.25. The molecule has 2 aromatic rings. The van der Waals surface area contributed by atoms with Crippen molar-refractivity contribution in [3.05, 3.63) is 28.3 Å². The summed E-state index contributed by atoms with van der Waals surface area (Å²) in [6, 6.07) is 2.15. The van der Waals surface area contributed by atoms with Gasteiger partial charge >= 0.3 is 0 Å². The van der Waals surface area contributed by atoms with Crippen LogP contribution in [0.15, 0.2) is 17.6 Å². The van der Waals surface area contributed by atoms with Crippen LogP contribution in [0.25, 0.3) is 11.3 Å². The van der Waals surface area contributed by atoms with Crippen molar-refractivity contribution in [3.8, 4) is 11.3 Å². The SMILES string of the molecule is CCC(CC)NC(=O)c1cc(-c2csc(C)n2)cn1C. The Morgan fingerprint density at radius 3 is 2.70 bits per heavy atom. The highest BCUT2D eigenvalue weighted by atomic mass is 32.1. The van der Waals surface area contributed by atoms with Gasteiger partial charge in [-0.25, -0.2) is 4.98 Å². The predicted molar refractivity (Wildman–Crippen MR) is 83.1 cm³/mol. The van der Waals surface area contributed by atoms with Gasteiger partial charge in [0.05, 0.1) is 10.7 Å². The molecule has 0 radical (unpaired) electrons. The fourth-order valence-corrected chi connectivity index (χ4v) is 2.80. The summed E-state index contributed by atoms with van der Waals surface area (Å²) in [5.74, 6) is -0.0144. The van der Waals surface area contributed by atoms with Crippen molar-refractivity contribution >= 4 is 17.2 Å². The third kappa shape index (κ3) is 3.10. The second-order valence-corrected chi connectivity index (χ2v) is 6.03. The maximum atomic E-state index is 12.3. The fraction of sp³-hybridized carbons (Fsp3) is 0.467. The van der Waals surface area contributed by atoms with E-state index in [0.717, 1.165) is 29.1 Å². The topological polar surface area (TPSA) is 46.9 Å². The zero-order valence-electron chi connectivity index (χ0n) is 12.4. The van der Waals surface area contributed by atoms with E-state index < -0.39 is 0 Å². The van der Waals surface area contributed by atoms with Crippen LogP contribution in [0.5, 0.6) is 0 Å². The molecule has 2 heterocycles. The summed E-state index contributed by atoms with van der Waals surface area (Å²) in [5.41, 5.74) is 2.61. The molecule has 5 heteroatoms. The number of hydrogen-bond acceptors (Lipinski definition) is 3. The van der Waals surface area contributed by atoms with Crippen molar-refractivity contribution < 1.29 is 4.79 Å². The van der Waals surface area contributed by atoms with E-state index in [2.05, 4.69) is 24.1 Å². The van der Waals surface area contributed by atoms with Gasteiger partial charge in [0.2, 0.25) is 0 Å². The first-order valence-electron chi connectivity index (χ1n) is 6.94. The van der Waals surface area contributed by atoms with E-state index in [-0.39, 0.29) is 11.9 Å². The largest absolute Gasteiger partial charge is 0.348 e. The molecule has 1 N–H and O–H groups in total. The lowest BCUT2D eigenvalue weighted by Gasteiger charge is -2.14. The van der Waals surface area contributed by atoms with Crippen LogP contribution >= 0.6 is 11.3 Å². The summed E-state index contributed by atoms with van der Waals surface area (Å²) >= 11 is 1.62. The molecule has 0 fully saturated rings. The highest BCUT2D eigenvalue weighted by Gasteiger charge is 2.16. The van der Waals surface area contributed by atoms with Gasteiger partial charge in [0, 0.05) is 30.2 Å². The molecule has 0 aliphatic heterocycles. The summed E-state index contributed by atoms with van der Waals surface area (Å²) in [6.45, 7) is 6.16. The van der Waals surface area contributed by atoms with E-state index in [1.54, 1.807) is 11.3 Å². The Labute approximate surface area is 123 Å². The molecule has 0 unspecified atom stereocenters. The Hall–Kier alpha value is -1.62. The highest BCUT2D eigenvalue weighted by Crippen LogP contribution is 2.23. The lowest BCUT2D eigenvalue weighted by Crippen LogP contribution is -2.34. The van der Waals surface area contributed by atoms with Crippen LogP contribution in [0.1, 0.15) is 42.2 Å². The van der Waals surface area contributed by atoms with Crippen LogP contribution < -0.4 is 5.32 Å². The molecule has 2 aromatic heterocycles. The molecule has 0 atom stereocenters. The molecular formula is C15H21N3OS. The molecule has 0 spiro atoms. The minimum Gasteiger partial charge on any atom is -0.348 e. The first kappa shape index (κ1) is 14.8. The molecule has 0 aliphatic carbocycles. The van der Waals surface area contributed by atoms with Gasteiger partial charge < -0.3 is 9.88 Å². The van der Waals surface area contributed by atoms with Crippen molar-refractivity contribution in [1.29, 1.82) is 0 Å². The molecule has 0 aliphatic rings. The van der Waals surface area contributed by atoms with Crippen LogP contribution in [-0.4, -0.2) is 21.5 Å². The lowest BCUT2D eigenvalue weighted by molar-refractivity contribution is 0.0926. The van der Waals surface area contributed by atoms with Crippen molar-refractivity contribution in [3.63, 3.8) is 0 Å². The van der Waals surface area contributed by atoms with E-state index in [4.69, 9.17) is 0 Å². The van der Waals surface area contributed by atoms with Gasteiger partial charge in [-0.2, -0.15) is 0 Å². The summed E-state index contributed by atoms with van der Waals surface area (Å²) in [7, 11) is 1.89. The summed E-state index contributed by atoms with van der Waals surface area (Å²) in [5, 5.41) is 6.12. The Bertz CT molecular complexity index is 596. The Morgan fingerprint density at radius 1 is 1.45 bits per heavy atom. The Kier molecular flexibility index (Phi) is 4.60. The van der Waals surface area contributed by atoms with Gasteiger partial charge in [-0.1, -0.05) is 13.8 Å². The smallest absolute Gasteiger partial charge is 0.268 e. The van der Waals surface area contributed by atoms with Crippen LogP contribution in [0.3, 0.4) is 0 Å². The van der Waals surface area contributed by atoms with E-state index in [9.17, 15) is 4.79 Å². The summed E-state index contributed by atoms with van der Waals surface area (Å²) in [4.78, 5) is 16.8. The minimum absolute atomic E-state index is 0.0144. The average molecular weight is 291 g/mol. The number of carbonyl (C=O) groups is 1. The lowest BCUT2D eigenvalue weighted by atomic mass is 10.1. The van der Waals surface area contributed by atoms with Crippen molar-refractivity contribution in [2.24, 2.45) is 7.05 Å². The molecule has 4 nitrogen and oxygen atoms in total. The Balaban J connectivity index is 2.21. The molecule has 1 amide bonds. The maximum absolute atomic E-state index is 12.3. The summed E-state index contributed by atoms with van der Waals surface area (Å²) in [6.07, 6.45) is 3.85. The number of nitrogens with one attached hydrogen (secondary N) is 1. The van der Waals surface area contributed by atoms with E-state index >= 15 is 0 Å². The quantitative estimate of drug-likeness (QED) is 0.918. The summed E-state index contributed by atoms with van der Waals surface area (Å²) < 4.78 is 1.86. The van der Waals surface area contributed by atoms with Crippen LogP contribution in [-0.2, 0) is 7.05 Å². The molecule has 0 bridgehead atoms. The standard InChI is InChI=1S/C15H21N3OS/c1-5-12(6-2)17-15(19)14-7-11(8-18(14)4)13-9-20-10(3)16-13/h7-9,12H,5-6H2,1-4H3,(H,17,19). The van der Waals surface area contributed by atoms with E-state index in [1.165, 1.54) is 0 Å². The number of aryl methyl sites for hydroxylation is 2. The van der Waals surface area contributed by atoms with Crippen LogP contribution in [0.2, 0.25) is 0 Å². The zero-order valence-corrected chi connectivity index (χ0v) is 13.3. The Morgan fingerprint density at radius 2 is 2.15 bits per heavy atom. The van der Waals surface area contributed by atoms with Gasteiger partial charge in [-0.05, 0) is 25.8 Å². The van der Waals surface area contributed by atoms with Crippen LogP contribution in [0, 0.1) is 6.92 Å². The minimum atomic E-state index is -0.0144. The van der Waals surface area contributed by atoms with Crippen LogP contribution in [0.4, 0.5) is 0 Å². The second kappa shape index (κ2) is 6.22. The molecular weight excluding hydrogens is 270 g/mol. The molecule has 108 valence electrons. The monoisotopic (exact) mass is 291 g/mol. The number of aromatic nitrogens is 2. The van der Waals surface area contributed by atoms with Gasteiger partial charge in [0.1, 0.15) is 5.69 Å². The molecule has 0 saturated heterocycles.